The number of piperidine rings is 1. The molecule has 0 bridgehead atoms. The minimum Gasteiger partial charge on any atom is -0.463 e. The molecule has 2 N–H and O–H groups in total. The summed E-state index contributed by atoms with van der Waals surface area (Å²) in [6.07, 6.45) is 2.32. The number of ether oxygens (including phenoxy) is 1. The fourth-order valence-electron chi connectivity index (χ4n) is 2.17. The average molecular weight is 295 g/mol. The van der Waals surface area contributed by atoms with Gasteiger partial charge in [-0.1, -0.05) is 6.92 Å². The Labute approximate surface area is 125 Å². The molecule has 1 aliphatic rings. The Balaban J connectivity index is 2.15. The Bertz CT molecular complexity index is 457. The topological polar surface area (TPSA) is 83.4 Å². The van der Waals surface area contributed by atoms with Gasteiger partial charge in [0, 0.05) is 19.6 Å². The van der Waals surface area contributed by atoms with Crippen molar-refractivity contribution in [2.75, 3.05) is 36.5 Å². The van der Waals surface area contributed by atoms with Crippen molar-refractivity contribution in [1.82, 2.24) is 15.0 Å². The molecule has 1 fully saturated rings. The molecule has 0 radical (unpaired) electrons. The van der Waals surface area contributed by atoms with E-state index in [1.165, 1.54) is 0 Å². The highest BCUT2D eigenvalue weighted by molar-refractivity contribution is 5.39. The van der Waals surface area contributed by atoms with Crippen LogP contribution in [-0.2, 0) is 0 Å². The van der Waals surface area contributed by atoms with Gasteiger partial charge in [-0.15, -0.1) is 0 Å². The monoisotopic (exact) mass is 295 g/mol. The second-order valence-corrected chi connectivity index (χ2v) is 5.60. The highest BCUT2D eigenvalue weighted by Crippen LogP contribution is 2.25. The van der Waals surface area contributed by atoms with Gasteiger partial charge in [-0.05, 0) is 33.1 Å². The molecular formula is C14H25N5O2. The minimum atomic E-state index is -0.588. The smallest absolute Gasteiger partial charge is 0.323 e. The fraction of sp³-hybridized carbons (Fsp3) is 0.786. The summed E-state index contributed by atoms with van der Waals surface area (Å²) >= 11 is 0. The first-order valence-corrected chi connectivity index (χ1v) is 7.64. The molecule has 0 atom stereocenters. The molecule has 1 aromatic rings. The maximum absolute atomic E-state index is 10.0. The summed E-state index contributed by atoms with van der Waals surface area (Å²) in [5.74, 6) is 1.15. The lowest BCUT2D eigenvalue weighted by molar-refractivity contribution is 0.0348. The van der Waals surface area contributed by atoms with Crippen LogP contribution in [-0.4, -0.2) is 51.9 Å². The predicted octanol–water partition coefficient (Wildman–Crippen LogP) is 1.44. The van der Waals surface area contributed by atoms with E-state index in [0.717, 1.165) is 26.1 Å². The SMILES string of the molecule is CCCOc1nc(NCC)nc(N2CCC(C)(O)CC2)n1. The molecule has 2 heterocycles. The van der Waals surface area contributed by atoms with E-state index in [4.69, 9.17) is 4.74 Å². The molecule has 0 saturated carbocycles. The van der Waals surface area contributed by atoms with E-state index < -0.39 is 5.60 Å². The third-order valence-electron chi connectivity index (χ3n) is 3.50. The Hall–Kier alpha value is -1.63. The van der Waals surface area contributed by atoms with Crippen LogP contribution in [0.25, 0.3) is 0 Å². The number of rotatable bonds is 6. The highest BCUT2D eigenvalue weighted by Gasteiger charge is 2.29. The van der Waals surface area contributed by atoms with Crippen molar-refractivity contribution in [1.29, 1.82) is 0 Å². The standard InChI is InChI=1S/C14H25N5O2/c1-4-10-21-13-17-11(15-5-2)16-12(18-13)19-8-6-14(3,20)7-9-19/h20H,4-10H2,1-3H3,(H,15,16,17,18). The summed E-state index contributed by atoms with van der Waals surface area (Å²) in [4.78, 5) is 15.1. The van der Waals surface area contributed by atoms with Crippen molar-refractivity contribution in [3.63, 3.8) is 0 Å². The summed E-state index contributed by atoms with van der Waals surface area (Å²) in [7, 11) is 0. The molecule has 0 unspecified atom stereocenters. The van der Waals surface area contributed by atoms with Gasteiger partial charge in [0.2, 0.25) is 11.9 Å². The van der Waals surface area contributed by atoms with Crippen LogP contribution in [0.2, 0.25) is 0 Å². The van der Waals surface area contributed by atoms with Gasteiger partial charge in [-0.3, -0.25) is 0 Å². The molecule has 1 aromatic heterocycles. The zero-order valence-electron chi connectivity index (χ0n) is 13.1. The summed E-state index contributed by atoms with van der Waals surface area (Å²) in [5.41, 5.74) is -0.588. The highest BCUT2D eigenvalue weighted by atomic mass is 16.5. The Morgan fingerprint density at radius 3 is 2.57 bits per heavy atom. The number of nitrogens with zero attached hydrogens (tertiary/aromatic N) is 4. The van der Waals surface area contributed by atoms with Crippen molar-refractivity contribution in [2.24, 2.45) is 0 Å². The first kappa shape index (κ1) is 15.8. The van der Waals surface area contributed by atoms with E-state index in [0.29, 0.717) is 37.4 Å². The van der Waals surface area contributed by atoms with Gasteiger partial charge in [-0.2, -0.15) is 15.0 Å². The van der Waals surface area contributed by atoms with E-state index in [9.17, 15) is 5.11 Å². The summed E-state index contributed by atoms with van der Waals surface area (Å²) in [6.45, 7) is 8.70. The Morgan fingerprint density at radius 2 is 1.95 bits per heavy atom. The van der Waals surface area contributed by atoms with Gasteiger partial charge >= 0.3 is 6.01 Å². The van der Waals surface area contributed by atoms with E-state index in [1.54, 1.807) is 0 Å². The number of anilines is 2. The molecule has 118 valence electrons. The third kappa shape index (κ3) is 4.42. The van der Waals surface area contributed by atoms with Crippen molar-refractivity contribution < 1.29 is 9.84 Å². The lowest BCUT2D eigenvalue weighted by atomic mass is 9.94. The molecule has 0 aromatic carbocycles. The van der Waals surface area contributed by atoms with Crippen molar-refractivity contribution in [3.8, 4) is 6.01 Å². The van der Waals surface area contributed by atoms with Crippen molar-refractivity contribution in [3.05, 3.63) is 0 Å². The molecule has 0 spiro atoms. The maximum atomic E-state index is 10.0. The van der Waals surface area contributed by atoms with E-state index in [2.05, 4.69) is 25.2 Å². The molecule has 7 nitrogen and oxygen atoms in total. The first-order chi connectivity index (χ1) is 10.0. The fourth-order valence-corrected chi connectivity index (χ4v) is 2.17. The number of aromatic nitrogens is 3. The largest absolute Gasteiger partial charge is 0.463 e. The van der Waals surface area contributed by atoms with Crippen LogP contribution in [0.1, 0.15) is 40.0 Å². The van der Waals surface area contributed by atoms with Crippen molar-refractivity contribution >= 4 is 11.9 Å². The van der Waals surface area contributed by atoms with E-state index in [-0.39, 0.29) is 0 Å². The second-order valence-electron chi connectivity index (χ2n) is 5.60. The number of nitrogens with one attached hydrogen (secondary N) is 1. The van der Waals surface area contributed by atoms with Crippen LogP contribution in [0.3, 0.4) is 0 Å². The zero-order valence-corrected chi connectivity index (χ0v) is 13.1. The molecule has 21 heavy (non-hydrogen) atoms. The average Bonchev–Trinajstić information content (AvgIpc) is 2.45. The predicted molar refractivity (Wildman–Crippen MR) is 81.8 cm³/mol. The zero-order chi connectivity index (χ0) is 15.3. The lowest BCUT2D eigenvalue weighted by Gasteiger charge is -2.35. The van der Waals surface area contributed by atoms with E-state index in [1.807, 2.05) is 20.8 Å². The number of aliphatic hydroxyl groups is 1. The molecule has 7 heteroatoms. The summed E-state index contributed by atoms with van der Waals surface area (Å²) < 4.78 is 5.54. The Morgan fingerprint density at radius 1 is 1.24 bits per heavy atom. The number of hydrogen-bond donors (Lipinski definition) is 2. The van der Waals surface area contributed by atoms with Gasteiger partial charge in [0.15, 0.2) is 0 Å². The van der Waals surface area contributed by atoms with Gasteiger partial charge < -0.3 is 20.1 Å². The first-order valence-electron chi connectivity index (χ1n) is 7.64. The minimum absolute atomic E-state index is 0.357. The van der Waals surface area contributed by atoms with Gasteiger partial charge in [0.05, 0.1) is 12.2 Å². The molecule has 0 amide bonds. The molecule has 1 saturated heterocycles. The van der Waals surface area contributed by atoms with Gasteiger partial charge in [0.1, 0.15) is 0 Å². The van der Waals surface area contributed by atoms with Crippen LogP contribution in [0.5, 0.6) is 6.01 Å². The quantitative estimate of drug-likeness (QED) is 0.821. The number of hydrogen-bond acceptors (Lipinski definition) is 7. The molecule has 2 rings (SSSR count). The van der Waals surface area contributed by atoms with Gasteiger partial charge in [-0.25, -0.2) is 0 Å². The van der Waals surface area contributed by atoms with Crippen LogP contribution >= 0.6 is 0 Å². The second kappa shape index (κ2) is 6.89. The van der Waals surface area contributed by atoms with Crippen LogP contribution in [0.15, 0.2) is 0 Å². The summed E-state index contributed by atoms with van der Waals surface area (Å²) in [6, 6.07) is 0.357. The molecule has 0 aliphatic carbocycles. The van der Waals surface area contributed by atoms with Crippen molar-refractivity contribution in [2.45, 2.75) is 45.6 Å². The summed E-state index contributed by atoms with van der Waals surface area (Å²) in [5, 5.41) is 13.1. The maximum Gasteiger partial charge on any atom is 0.323 e. The normalized spacial score (nSPS) is 17.6. The van der Waals surface area contributed by atoms with Crippen LogP contribution in [0.4, 0.5) is 11.9 Å². The Kier molecular flexibility index (Phi) is 5.17. The van der Waals surface area contributed by atoms with Crippen LogP contribution < -0.4 is 15.0 Å². The van der Waals surface area contributed by atoms with Crippen LogP contribution in [0, 0.1) is 0 Å². The molecule has 1 aliphatic heterocycles. The molecular weight excluding hydrogens is 270 g/mol. The van der Waals surface area contributed by atoms with E-state index >= 15 is 0 Å². The third-order valence-corrected chi connectivity index (χ3v) is 3.50. The van der Waals surface area contributed by atoms with Gasteiger partial charge in [0.25, 0.3) is 0 Å². The lowest BCUT2D eigenvalue weighted by Crippen LogP contribution is -2.43.